The van der Waals surface area contributed by atoms with Crippen molar-refractivity contribution in [2.24, 2.45) is 0 Å². The van der Waals surface area contributed by atoms with Gasteiger partial charge in [-0.15, -0.1) is 11.3 Å². The Bertz CT molecular complexity index is 1010. The number of aliphatic hydroxyl groups excluding tert-OH is 1. The minimum Gasteiger partial charge on any atom is -0.386 e. The molecule has 0 saturated heterocycles. The van der Waals surface area contributed by atoms with E-state index >= 15 is 0 Å². The lowest BCUT2D eigenvalue weighted by molar-refractivity contribution is -0.0284. The summed E-state index contributed by atoms with van der Waals surface area (Å²) >= 11 is 7.33. The number of likely N-dealkylation sites (N-methyl/N-ethyl adjacent to an activating group) is 1. The Hall–Kier alpha value is -1.60. The molecule has 7 nitrogen and oxygen atoms in total. The van der Waals surface area contributed by atoms with Gasteiger partial charge in [0.2, 0.25) is 0 Å². The van der Waals surface area contributed by atoms with Crippen molar-refractivity contribution in [3.63, 3.8) is 0 Å². The number of alkyl halides is 2. The van der Waals surface area contributed by atoms with Crippen LogP contribution in [0, 0.1) is 5.82 Å². The van der Waals surface area contributed by atoms with Gasteiger partial charge in [-0.3, -0.25) is 9.62 Å². The van der Waals surface area contributed by atoms with Crippen LogP contribution in [0.15, 0.2) is 28.6 Å². The average molecular weight is 513 g/mol. The van der Waals surface area contributed by atoms with E-state index in [0.29, 0.717) is 12.8 Å². The third kappa shape index (κ3) is 6.04. The molecule has 0 aliphatic heterocycles. The molecule has 3 rings (SSSR count). The highest BCUT2D eigenvalue weighted by Gasteiger charge is 2.32. The molecule has 1 aromatic heterocycles. The Morgan fingerprint density at radius 1 is 1.34 bits per heavy atom. The number of hydrogen-bond acceptors (Lipinski definition) is 7. The number of halogens is 4. The van der Waals surface area contributed by atoms with Gasteiger partial charge in [0.05, 0.1) is 10.7 Å². The molecule has 0 unspecified atom stereocenters. The summed E-state index contributed by atoms with van der Waals surface area (Å²) in [6.45, 7) is -0.206. The molecule has 1 aliphatic carbocycles. The van der Waals surface area contributed by atoms with Crippen LogP contribution in [0.4, 0.5) is 24.0 Å². The number of benzene rings is 1. The first-order valence-electron chi connectivity index (χ1n) is 9.93. The fraction of sp³-hybridized carbons (Fsp3) is 0.526. The maximum Gasteiger partial charge on any atom is 0.266 e. The van der Waals surface area contributed by atoms with Crippen molar-refractivity contribution in [3.05, 3.63) is 34.5 Å². The predicted octanol–water partition coefficient (Wildman–Crippen LogP) is 4.02. The van der Waals surface area contributed by atoms with Crippen LogP contribution in [0.3, 0.4) is 0 Å². The first-order chi connectivity index (χ1) is 15.1. The van der Waals surface area contributed by atoms with Gasteiger partial charge in [-0.25, -0.2) is 26.6 Å². The Labute approximate surface area is 193 Å². The topological polar surface area (TPSA) is 94.6 Å². The van der Waals surface area contributed by atoms with Gasteiger partial charge in [0.15, 0.2) is 5.13 Å². The second-order valence-corrected chi connectivity index (χ2v) is 10.6. The Balaban J connectivity index is 1.78. The molecule has 1 saturated carbocycles. The van der Waals surface area contributed by atoms with Crippen molar-refractivity contribution < 1.29 is 26.7 Å². The smallest absolute Gasteiger partial charge is 0.266 e. The van der Waals surface area contributed by atoms with Crippen molar-refractivity contribution in [3.8, 4) is 0 Å². The second-order valence-electron chi connectivity index (χ2n) is 7.65. The van der Waals surface area contributed by atoms with Gasteiger partial charge in [-0.1, -0.05) is 24.4 Å². The number of sulfonamides is 1. The monoisotopic (exact) mass is 512 g/mol. The molecule has 1 fully saturated rings. The third-order valence-electron chi connectivity index (χ3n) is 5.37. The van der Waals surface area contributed by atoms with E-state index < -0.39 is 33.3 Å². The highest BCUT2D eigenvalue weighted by atomic mass is 35.5. The summed E-state index contributed by atoms with van der Waals surface area (Å²) in [7, 11) is -2.58. The number of anilines is 2. The van der Waals surface area contributed by atoms with Crippen molar-refractivity contribution in [1.29, 1.82) is 0 Å². The van der Waals surface area contributed by atoms with Crippen molar-refractivity contribution in [2.75, 3.05) is 23.6 Å². The summed E-state index contributed by atoms with van der Waals surface area (Å²) in [6.07, 6.45) is -0.0419. The van der Waals surface area contributed by atoms with E-state index in [1.54, 1.807) is 17.3 Å². The zero-order valence-electron chi connectivity index (χ0n) is 17.1. The lowest BCUT2D eigenvalue weighted by atomic mass is 9.89. The first kappa shape index (κ1) is 25.0. The van der Waals surface area contributed by atoms with E-state index in [-0.39, 0.29) is 34.5 Å². The maximum absolute atomic E-state index is 14.8. The highest BCUT2D eigenvalue weighted by molar-refractivity contribution is 7.93. The largest absolute Gasteiger partial charge is 0.386 e. The normalized spacial score (nSPS) is 20.5. The van der Waals surface area contributed by atoms with Gasteiger partial charge in [0, 0.05) is 30.2 Å². The molecule has 1 aromatic carbocycles. The number of nitrogens with zero attached hydrogens (tertiary/aromatic N) is 2. The number of aromatic nitrogens is 1. The molecule has 13 heteroatoms. The second kappa shape index (κ2) is 10.6. The molecule has 1 heterocycles. The van der Waals surface area contributed by atoms with Crippen molar-refractivity contribution in [1.82, 2.24) is 9.88 Å². The van der Waals surface area contributed by atoms with E-state index in [9.17, 15) is 26.7 Å². The maximum atomic E-state index is 14.8. The third-order valence-corrected chi connectivity index (χ3v) is 7.85. The predicted molar refractivity (Wildman–Crippen MR) is 119 cm³/mol. The van der Waals surface area contributed by atoms with E-state index in [4.69, 9.17) is 11.6 Å². The summed E-state index contributed by atoms with van der Waals surface area (Å²) in [5.74, 6) is -0.991. The molecule has 0 amide bonds. The van der Waals surface area contributed by atoms with Crippen LogP contribution in [0.25, 0.3) is 0 Å². The molecule has 178 valence electrons. The highest BCUT2D eigenvalue weighted by Crippen LogP contribution is 2.33. The number of rotatable bonds is 9. The fourth-order valence-electron chi connectivity index (χ4n) is 3.81. The molecular weight excluding hydrogens is 489 g/mol. The zero-order chi connectivity index (χ0) is 23.5. The van der Waals surface area contributed by atoms with Crippen LogP contribution in [-0.2, 0) is 10.0 Å². The average Bonchev–Trinajstić information content (AvgIpc) is 3.22. The van der Waals surface area contributed by atoms with E-state index in [2.05, 4.69) is 15.0 Å². The molecule has 0 bridgehead atoms. The van der Waals surface area contributed by atoms with E-state index in [1.165, 1.54) is 6.20 Å². The summed E-state index contributed by atoms with van der Waals surface area (Å²) < 4.78 is 67.5. The van der Waals surface area contributed by atoms with E-state index in [0.717, 1.165) is 36.3 Å². The molecule has 2 aromatic rings. The van der Waals surface area contributed by atoms with Crippen molar-refractivity contribution >= 4 is 43.8 Å². The number of hydrogen-bond donors (Lipinski definition) is 3. The van der Waals surface area contributed by atoms with Gasteiger partial charge < -0.3 is 10.4 Å². The number of thiazole rings is 1. The molecular formula is C19H24ClF3N4O3S2. The summed E-state index contributed by atoms with van der Waals surface area (Å²) in [6, 6.07) is 1.60. The number of aliphatic hydroxyl groups is 1. The zero-order valence-corrected chi connectivity index (χ0v) is 19.5. The number of nitrogens with one attached hydrogen (secondary N) is 2. The van der Waals surface area contributed by atoms with Crippen molar-refractivity contribution in [2.45, 2.75) is 55.2 Å². The molecule has 1 aliphatic rings. The van der Waals surface area contributed by atoms with Crippen LogP contribution in [-0.4, -0.2) is 61.6 Å². The molecule has 3 N–H and O–H groups in total. The SMILES string of the molecule is CN(C[C@@H](O)C(F)F)[C@H]1CCCC[C@@H]1Nc1cc(F)c(S(=O)(=O)Nc2nccs2)cc1Cl. The molecule has 0 radical (unpaired) electrons. The summed E-state index contributed by atoms with van der Waals surface area (Å²) in [5, 5.41) is 14.4. The van der Waals surface area contributed by atoms with Crippen LogP contribution >= 0.6 is 22.9 Å². The Kier molecular flexibility index (Phi) is 8.26. The lowest BCUT2D eigenvalue weighted by Gasteiger charge is -2.39. The fourth-order valence-corrected chi connectivity index (χ4v) is 5.96. The van der Waals surface area contributed by atoms with Crippen LogP contribution < -0.4 is 10.0 Å². The summed E-state index contributed by atoms with van der Waals surface area (Å²) in [5.41, 5.74) is 0.206. The summed E-state index contributed by atoms with van der Waals surface area (Å²) in [4.78, 5) is 4.87. The minimum absolute atomic E-state index is 0.00510. The molecule has 0 spiro atoms. The van der Waals surface area contributed by atoms with Gasteiger partial charge in [0.25, 0.3) is 16.4 Å². The van der Waals surface area contributed by atoms with E-state index in [1.807, 2.05) is 0 Å². The quantitative estimate of drug-likeness (QED) is 0.470. The molecule has 32 heavy (non-hydrogen) atoms. The molecule has 3 atom stereocenters. The Morgan fingerprint density at radius 3 is 2.72 bits per heavy atom. The standard InChI is InChI=1S/C19H24ClF3N4O3S2/c1-27(10-16(28)18(22)23)15-5-3-2-4-13(15)25-14-9-12(21)17(8-11(14)20)32(29,30)26-19-24-6-7-31-19/h6-9,13,15-16,18,25,28H,2-5,10H2,1H3,(H,24,26)/t13-,15-,16+/m0/s1. The lowest BCUT2D eigenvalue weighted by Crippen LogP contribution is -2.50. The minimum atomic E-state index is -4.23. The van der Waals surface area contributed by atoms with Gasteiger partial charge in [-0.05, 0) is 32.0 Å². The van der Waals surface area contributed by atoms with Gasteiger partial charge in [-0.2, -0.15) is 0 Å². The van der Waals surface area contributed by atoms with Crippen LogP contribution in [0.1, 0.15) is 25.7 Å². The van der Waals surface area contributed by atoms with Crippen LogP contribution in [0.5, 0.6) is 0 Å². The Morgan fingerprint density at radius 2 is 2.06 bits per heavy atom. The first-order valence-corrected chi connectivity index (χ1v) is 12.7. The van der Waals surface area contributed by atoms with Gasteiger partial charge in [0.1, 0.15) is 16.8 Å². The van der Waals surface area contributed by atoms with Gasteiger partial charge >= 0.3 is 0 Å². The van der Waals surface area contributed by atoms with Crippen LogP contribution in [0.2, 0.25) is 5.02 Å².